The molecule has 1 aliphatic rings. The minimum atomic E-state index is -0.885. The first-order chi connectivity index (χ1) is 12.0. The molecule has 3 rings (SSSR count). The van der Waals surface area contributed by atoms with Gasteiger partial charge in [0.15, 0.2) is 0 Å². The average molecular weight is 339 g/mol. The molecule has 1 aliphatic heterocycles. The van der Waals surface area contributed by atoms with Crippen LogP contribution in [0.5, 0.6) is 0 Å². The Kier molecular flexibility index (Phi) is 5.09. The van der Waals surface area contributed by atoms with Gasteiger partial charge in [-0.25, -0.2) is 4.79 Å². The Morgan fingerprint density at radius 2 is 1.68 bits per heavy atom. The Morgan fingerprint density at radius 1 is 1.08 bits per heavy atom. The number of carboxylic acid groups (broad SMARTS) is 1. The van der Waals surface area contributed by atoms with Crippen LogP contribution in [0.2, 0.25) is 0 Å². The molecule has 1 unspecified atom stereocenters. The van der Waals surface area contributed by atoms with E-state index < -0.39 is 5.97 Å². The van der Waals surface area contributed by atoms with Gasteiger partial charge in [-0.05, 0) is 55.5 Å². The summed E-state index contributed by atoms with van der Waals surface area (Å²) in [4.78, 5) is 13.3. The van der Waals surface area contributed by atoms with Crippen LogP contribution >= 0.6 is 0 Å². The lowest BCUT2D eigenvalue weighted by Gasteiger charge is -2.43. The summed E-state index contributed by atoms with van der Waals surface area (Å²) in [5.41, 5.74) is 2.36. The lowest BCUT2D eigenvalue weighted by molar-refractivity contribution is -0.0568. The number of carbonyl (C=O) groups is 1. The zero-order valence-corrected chi connectivity index (χ0v) is 14.8. The fraction of sp³-hybridized carbons (Fsp3) is 0.381. The van der Waals surface area contributed by atoms with Gasteiger partial charge in [-0.2, -0.15) is 0 Å². The van der Waals surface area contributed by atoms with Gasteiger partial charge in [0.2, 0.25) is 0 Å². The molecule has 1 fully saturated rings. The lowest BCUT2D eigenvalue weighted by atomic mass is 9.77. The second-order valence-electron chi connectivity index (χ2n) is 6.79. The summed E-state index contributed by atoms with van der Waals surface area (Å²) in [5.74, 6) is -0.432. The van der Waals surface area contributed by atoms with Crippen molar-refractivity contribution in [2.24, 2.45) is 5.92 Å². The number of benzene rings is 2. The van der Waals surface area contributed by atoms with Crippen LogP contribution in [-0.4, -0.2) is 31.3 Å². The maximum Gasteiger partial charge on any atom is 0.335 e. The van der Waals surface area contributed by atoms with Crippen molar-refractivity contribution >= 4 is 11.7 Å². The van der Waals surface area contributed by atoms with Crippen LogP contribution in [0, 0.1) is 5.92 Å². The Hall–Kier alpha value is -2.33. The van der Waals surface area contributed by atoms with Crippen LogP contribution in [0.4, 0.5) is 5.69 Å². The second-order valence-corrected chi connectivity index (χ2v) is 6.79. The number of rotatable bonds is 5. The van der Waals surface area contributed by atoms with Crippen LogP contribution < -0.4 is 4.90 Å². The number of ether oxygens (including phenoxy) is 1. The van der Waals surface area contributed by atoms with Gasteiger partial charge in [0.25, 0.3) is 0 Å². The molecule has 1 N–H and O–H groups in total. The van der Waals surface area contributed by atoms with E-state index in [9.17, 15) is 4.79 Å². The molecular formula is C21H25NO3. The van der Waals surface area contributed by atoms with Gasteiger partial charge in [-0.3, -0.25) is 0 Å². The SMILES string of the molecule is COC(C)(c1ccccc1)C1CCN(c2ccc(C(=O)O)cc2)CC1. The van der Waals surface area contributed by atoms with Crippen molar-refractivity contribution < 1.29 is 14.6 Å². The fourth-order valence-corrected chi connectivity index (χ4v) is 3.79. The Balaban J connectivity index is 1.69. The van der Waals surface area contributed by atoms with Crippen LogP contribution in [0.25, 0.3) is 0 Å². The molecule has 1 heterocycles. The Morgan fingerprint density at radius 3 is 2.20 bits per heavy atom. The van der Waals surface area contributed by atoms with Crippen LogP contribution in [-0.2, 0) is 10.3 Å². The summed E-state index contributed by atoms with van der Waals surface area (Å²) in [6.07, 6.45) is 2.08. The standard InChI is InChI=1S/C21H25NO3/c1-21(25-2,17-6-4-3-5-7-17)18-12-14-22(15-13-18)19-10-8-16(9-11-19)20(23)24/h3-11,18H,12-15H2,1-2H3,(H,23,24). The molecule has 2 aromatic carbocycles. The van der Waals surface area contributed by atoms with E-state index in [0.29, 0.717) is 11.5 Å². The van der Waals surface area contributed by atoms with E-state index in [0.717, 1.165) is 31.6 Å². The molecule has 0 saturated carbocycles. The highest BCUT2D eigenvalue weighted by Crippen LogP contribution is 2.39. The molecule has 0 aliphatic carbocycles. The van der Waals surface area contributed by atoms with Crippen molar-refractivity contribution in [3.05, 3.63) is 65.7 Å². The summed E-state index contributed by atoms with van der Waals surface area (Å²) < 4.78 is 5.96. The molecule has 0 aromatic heterocycles. The van der Waals surface area contributed by atoms with Gasteiger partial charge < -0.3 is 14.7 Å². The molecule has 25 heavy (non-hydrogen) atoms. The third-order valence-corrected chi connectivity index (χ3v) is 5.52. The van der Waals surface area contributed by atoms with E-state index in [1.165, 1.54) is 5.56 Å². The first-order valence-corrected chi connectivity index (χ1v) is 8.73. The second kappa shape index (κ2) is 7.28. The molecule has 4 heteroatoms. The average Bonchev–Trinajstić information content (AvgIpc) is 2.68. The quantitative estimate of drug-likeness (QED) is 0.888. The minimum absolute atomic E-state index is 0.277. The lowest BCUT2D eigenvalue weighted by Crippen LogP contribution is -2.43. The molecule has 1 saturated heterocycles. The predicted molar refractivity (Wildman–Crippen MR) is 99.1 cm³/mol. The summed E-state index contributed by atoms with van der Waals surface area (Å²) in [5, 5.41) is 9.02. The number of methoxy groups -OCH3 is 1. The smallest absolute Gasteiger partial charge is 0.335 e. The molecule has 132 valence electrons. The van der Waals surface area contributed by atoms with Gasteiger partial charge in [0.1, 0.15) is 0 Å². The minimum Gasteiger partial charge on any atom is -0.478 e. The molecule has 0 bridgehead atoms. The van der Waals surface area contributed by atoms with E-state index in [2.05, 4.69) is 36.1 Å². The van der Waals surface area contributed by atoms with Gasteiger partial charge in [0, 0.05) is 25.9 Å². The number of nitrogens with zero attached hydrogens (tertiary/aromatic N) is 1. The van der Waals surface area contributed by atoms with Crippen molar-refractivity contribution in [3.8, 4) is 0 Å². The molecule has 4 nitrogen and oxygen atoms in total. The Bertz CT molecular complexity index is 706. The Labute approximate surface area is 149 Å². The topological polar surface area (TPSA) is 49.8 Å². The van der Waals surface area contributed by atoms with Gasteiger partial charge in [0.05, 0.1) is 11.2 Å². The predicted octanol–water partition coefficient (Wildman–Crippen LogP) is 4.16. The van der Waals surface area contributed by atoms with Crippen LogP contribution in [0.1, 0.15) is 35.7 Å². The molecule has 0 amide bonds. The van der Waals surface area contributed by atoms with Crippen LogP contribution in [0.3, 0.4) is 0 Å². The number of anilines is 1. The zero-order chi connectivity index (χ0) is 17.9. The maximum absolute atomic E-state index is 11.0. The monoisotopic (exact) mass is 339 g/mol. The van der Waals surface area contributed by atoms with Crippen molar-refractivity contribution in [3.63, 3.8) is 0 Å². The zero-order valence-electron chi connectivity index (χ0n) is 14.8. The van der Waals surface area contributed by atoms with Crippen molar-refractivity contribution in [1.29, 1.82) is 0 Å². The highest BCUT2D eigenvalue weighted by atomic mass is 16.5. The molecule has 0 spiro atoms. The van der Waals surface area contributed by atoms with Crippen molar-refractivity contribution in [2.45, 2.75) is 25.4 Å². The molecule has 2 aromatic rings. The van der Waals surface area contributed by atoms with Crippen molar-refractivity contribution in [2.75, 3.05) is 25.1 Å². The third-order valence-electron chi connectivity index (χ3n) is 5.52. The number of carboxylic acids is 1. The molecular weight excluding hydrogens is 314 g/mol. The van der Waals surface area contributed by atoms with Crippen LogP contribution in [0.15, 0.2) is 54.6 Å². The summed E-state index contributed by atoms with van der Waals surface area (Å²) in [6.45, 7) is 4.08. The van der Waals surface area contributed by atoms with E-state index in [4.69, 9.17) is 9.84 Å². The van der Waals surface area contributed by atoms with E-state index in [-0.39, 0.29) is 5.60 Å². The van der Waals surface area contributed by atoms with Gasteiger partial charge in [-0.15, -0.1) is 0 Å². The van der Waals surface area contributed by atoms with Gasteiger partial charge in [-0.1, -0.05) is 30.3 Å². The first-order valence-electron chi connectivity index (χ1n) is 8.73. The van der Waals surface area contributed by atoms with E-state index >= 15 is 0 Å². The summed E-state index contributed by atoms with van der Waals surface area (Å²) >= 11 is 0. The number of aromatic carboxylic acids is 1. The number of hydrogen-bond donors (Lipinski definition) is 1. The largest absolute Gasteiger partial charge is 0.478 e. The highest BCUT2D eigenvalue weighted by Gasteiger charge is 2.37. The first kappa shape index (κ1) is 17.5. The summed E-state index contributed by atoms with van der Waals surface area (Å²) in [7, 11) is 1.80. The fourth-order valence-electron chi connectivity index (χ4n) is 3.79. The maximum atomic E-state index is 11.0. The number of piperidine rings is 1. The highest BCUT2D eigenvalue weighted by molar-refractivity contribution is 5.88. The molecule has 0 radical (unpaired) electrons. The van der Waals surface area contributed by atoms with Crippen molar-refractivity contribution in [1.82, 2.24) is 0 Å². The van der Waals surface area contributed by atoms with E-state index in [1.54, 1.807) is 19.2 Å². The van der Waals surface area contributed by atoms with Gasteiger partial charge >= 0.3 is 5.97 Å². The number of hydrogen-bond acceptors (Lipinski definition) is 3. The van der Waals surface area contributed by atoms with E-state index in [1.807, 2.05) is 18.2 Å². The normalized spacial score (nSPS) is 17.9. The third kappa shape index (κ3) is 3.54. The summed E-state index contributed by atoms with van der Waals surface area (Å²) in [6, 6.07) is 17.6. The molecule has 1 atom stereocenters.